The molecule has 88 valence electrons. The van der Waals surface area contributed by atoms with Gasteiger partial charge >= 0.3 is 0 Å². The fraction of sp³-hybridized carbons (Fsp3) is 0.231. The van der Waals surface area contributed by atoms with Gasteiger partial charge in [-0.15, -0.1) is 11.3 Å². The molecule has 0 spiro atoms. The zero-order valence-electron chi connectivity index (χ0n) is 9.81. The lowest BCUT2D eigenvalue weighted by Crippen LogP contribution is -2.15. The van der Waals surface area contributed by atoms with Gasteiger partial charge in [-0.2, -0.15) is 0 Å². The van der Waals surface area contributed by atoms with E-state index < -0.39 is 0 Å². The number of benzene rings is 1. The van der Waals surface area contributed by atoms with Crippen LogP contribution in [0.4, 0.5) is 0 Å². The molecule has 0 saturated carbocycles. The van der Waals surface area contributed by atoms with E-state index in [1.807, 2.05) is 31.5 Å². The third-order valence-corrected chi connectivity index (χ3v) is 3.71. The normalized spacial score (nSPS) is 12.1. The van der Waals surface area contributed by atoms with Crippen molar-refractivity contribution in [2.24, 2.45) is 0 Å². The van der Waals surface area contributed by atoms with E-state index >= 15 is 0 Å². The van der Waals surface area contributed by atoms with Gasteiger partial charge in [0.15, 0.2) is 0 Å². The van der Waals surface area contributed by atoms with Crippen LogP contribution in [0.3, 0.4) is 0 Å². The molecular weight excluding hydrogens is 232 g/mol. The number of aryl methyl sites for hydroxylation is 1. The van der Waals surface area contributed by atoms with Crippen LogP contribution in [0.1, 0.15) is 24.2 Å². The zero-order valence-corrected chi connectivity index (χ0v) is 10.6. The van der Waals surface area contributed by atoms with Crippen molar-refractivity contribution < 1.29 is 4.79 Å². The molecule has 4 heteroatoms. The smallest absolute Gasteiger partial charge is 0.207 e. The lowest BCUT2D eigenvalue weighted by Gasteiger charge is -2.10. The van der Waals surface area contributed by atoms with Gasteiger partial charge in [-0.1, -0.05) is 24.3 Å². The highest BCUT2D eigenvalue weighted by Gasteiger charge is 2.07. The van der Waals surface area contributed by atoms with Crippen molar-refractivity contribution in [1.82, 2.24) is 10.3 Å². The minimum atomic E-state index is 0.0455. The van der Waals surface area contributed by atoms with Crippen LogP contribution in [-0.2, 0) is 4.79 Å². The van der Waals surface area contributed by atoms with Gasteiger partial charge < -0.3 is 5.32 Å². The van der Waals surface area contributed by atoms with Crippen LogP contribution >= 0.6 is 11.3 Å². The highest BCUT2D eigenvalue weighted by atomic mass is 32.1. The highest BCUT2D eigenvalue weighted by Crippen LogP contribution is 2.28. The summed E-state index contributed by atoms with van der Waals surface area (Å²) in [4.78, 5) is 15.8. The number of nitrogens with one attached hydrogen (secondary N) is 1. The van der Waals surface area contributed by atoms with Gasteiger partial charge in [-0.25, -0.2) is 4.98 Å². The quantitative estimate of drug-likeness (QED) is 0.843. The number of nitrogens with zero attached hydrogens (tertiary/aromatic N) is 1. The largest absolute Gasteiger partial charge is 0.352 e. The number of thiazole rings is 1. The highest BCUT2D eigenvalue weighted by molar-refractivity contribution is 7.13. The number of carbonyl (C=O) groups excluding carboxylic acids is 1. The SMILES string of the molecule is Cc1ncsc1-c1ccc(C(C)NC=O)cc1. The predicted octanol–water partition coefficient (Wildman–Crippen LogP) is 2.93. The van der Waals surface area contributed by atoms with Crippen LogP contribution < -0.4 is 5.32 Å². The summed E-state index contributed by atoms with van der Waals surface area (Å²) in [6, 6.07) is 8.26. The van der Waals surface area contributed by atoms with Crippen LogP contribution in [-0.4, -0.2) is 11.4 Å². The molecule has 0 fully saturated rings. The van der Waals surface area contributed by atoms with Crippen molar-refractivity contribution in [2.45, 2.75) is 19.9 Å². The van der Waals surface area contributed by atoms with Crippen molar-refractivity contribution in [3.8, 4) is 10.4 Å². The van der Waals surface area contributed by atoms with E-state index in [4.69, 9.17) is 0 Å². The Morgan fingerprint density at radius 3 is 2.59 bits per heavy atom. The maximum Gasteiger partial charge on any atom is 0.207 e. The molecule has 1 unspecified atom stereocenters. The summed E-state index contributed by atoms with van der Waals surface area (Å²) < 4.78 is 0. The molecule has 0 aliphatic rings. The fourth-order valence-corrected chi connectivity index (χ4v) is 2.51. The second kappa shape index (κ2) is 5.10. The molecule has 0 aliphatic heterocycles. The Bertz CT molecular complexity index is 504. The molecule has 1 aromatic carbocycles. The summed E-state index contributed by atoms with van der Waals surface area (Å²) in [5, 5.41) is 2.74. The molecule has 2 rings (SSSR count). The Labute approximate surface area is 105 Å². The third-order valence-electron chi connectivity index (χ3n) is 2.74. The van der Waals surface area contributed by atoms with Crippen LogP contribution in [0.5, 0.6) is 0 Å². The number of hydrogen-bond acceptors (Lipinski definition) is 3. The average molecular weight is 246 g/mol. The van der Waals surface area contributed by atoms with Crippen LogP contribution in [0.15, 0.2) is 29.8 Å². The molecular formula is C13H14N2OS. The van der Waals surface area contributed by atoms with E-state index in [0.717, 1.165) is 17.7 Å². The molecule has 1 amide bonds. The lowest BCUT2D eigenvalue weighted by molar-refractivity contribution is -0.110. The van der Waals surface area contributed by atoms with E-state index in [0.29, 0.717) is 0 Å². The van der Waals surface area contributed by atoms with E-state index in [2.05, 4.69) is 22.4 Å². The minimum absolute atomic E-state index is 0.0455. The molecule has 0 bridgehead atoms. The van der Waals surface area contributed by atoms with E-state index in [-0.39, 0.29) is 6.04 Å². The predicted molar refractivity (Wildman–Crippen MR) is 69.9 cm³/mol. The summed E-state index contributed by atoms with van der Waals surface area (Å²) >= 11 is 1.64. The number of aromatic nitrogens is 1. The number of hydrogen-bond donors (Lipinski definition) is 1. The molecule has 17 heavy (non-hydrogen) atoms. The first-order chi connectivity index (χ1) is 8.22. The molecule has 1 heterocycles. The summed E-state index contributed by atoms with van der Waals surface area (Å²) in [5.41, 5.74) is 5.19. The van der Waals surface area contributed by atoms with Gasteiger partial charge in [0.1, 0.15) is 0 Å². The van der Waals surface area contributed by atoms with Crippen LogP contribution in [0.2, 0.25) is 0 Å². The molecule has 0 radical (unpaired) electrons. The maximum absolute atomic E-state index is 10.4. The zero-order chi connectivity index (χ0) is 12.3. The maximum atomic E-state index is 10.4. The molecule has 1 N–H and O–H groups in total. The van der Waals surface area contributed by atoms with Crippen molar-refractivity contribution in [3.05, 3.63) is 41.0 Å². The van der Waals surface area contributed by atoms with Gasteiger partial charge in [-0.3, -0.25) is 4.79 Å². The molecule has 0 saturated heterocycles. The average Bonchev–Trinajstić information content (AvgIpc) is 2.76. The Morgan fingerprint density at radius 1 is 1.35 bits per heavy atom. The second-order valence-electron chi connectivity index (χ2n) is 3.90. The second-order valence-corrected chi connectivity index (χ2v) is 4.75. The first-order valence-corrected chi connectivity index (χ1v) is 6.30. The third kappa shape index (κ3) is 2.53. The van der Waals surface area contributed by atoms with Gasteiger partial charge in [-0.05, 0) is 25.0 Å². The number of carbonyl (C=O) groups is 1. The summed E-state index contributed by atoms with van der Waals surface area (Å²) in [7, 11) is 0. The number of amides is 1. The number of rotatable bonds is 4. The van der Waals surface area contributed by atoms with Crippen LogP contribution in [0.25, 0.3) is 10.4 Å². The van der Waals surface area contributed by atoms with E-state index in [1.165, 1.54) is 10.4 Å². The molecule has 2 aromatic rings. The Kier molecular flexibility index (Phi) is 3.54. The van der Waals surface area contributed by atoms with Crippen molar-refractivity contribution in [3.63, 3.8) is 0 Å². The Balaban J connectivity index is 2.24. The Morgan fingerprint density at radius 2 is 2.06 bits per heavy atom. The summed E-state index contributed by atoms with van der Waals surface area (Å²) in [5.74, 6) is 0. The first kappa shape index (κ1) is 11.8. The van der Waals surface area contributed by atoms with Crippen molar-refractivity contribution in [2.75, 3.05) is 0 Å². The summed E-state index contributed by atoms with van der Waals surface area (Å²) in [6.07, 6.45) is 0.728. The first-order valence-electron chi connectivity index (χ1n) is 5.42. The van der Waals surface area contributed by atoms with Gasteiger partial charge in [0, 0.05) is 0 Å². The Hall–Kier alpha value is -1.68. The monoisotopic (exact) mass is 246 g/mol. The van der Waals surface area contributed by atoms with Gasteiger partial charge in [0.2, 0.25) is 6.41 Å². The molecule has 1 aromatic heterocycles. The van der Waals surface area contributed by atoms with E-state index in [1.54, 1.807) is 11.3 Å². The van der Waals surface area contributed by atoms with Gasteiger partial charge in [0.05, 0.1) is 22.1 Å². The minimum Gasteiger partial charge on any atom is -0.352 e. The topological polar surface area (TPSA) is 42.0 Å². The molecule has 1 atom stereocenters. The molecule has 0 aliphatic carbocycles. The van der Waals surface area contributed by atoms with E-state index in [9.17, 15) is 4.79 Å². The molecule has 3 nitrogen and oxygen atoms in total. The summed E-state index contributed by atoms with van der Waals surface area (Å²) in [6.45, 7) is 3.97. The van der Waals surface area contributed by atoms with Crippen molar-refractivity contribution >= 4 is 17.7 Å². The fourth-order valence-electron chi connectivity index (χ4n) is 1.70. The van der Waals surface area contributed by atoms with Crippen molar-refractivity contribution in [1.29, 1.82) is 0 Å². The standard InChI is InChI=1S/C13H14N2OS/c1-9(14-7-16)11-3-5-12(6-4-11)13-10(2)15-8-17-13/h3-9H,1-2H3,(H,14,16). The lowest BCUT2D eigenvalue weighted by atomic mass is 10.1. The van der Waals surface area contributed by atoms with Crippen LogP contribution in [0, 0.1) is 6.92 Å². The van der Waals surface area contributed by atoms with Gasteiger partial charge in [0.25, 0.3) is 0 Å².